The van der Waals surface area contributed by atoms with Crippen LogP contribution < -0.4 is 5.32 Å². The molecule has 13 heavy (non-hydrogen) atoms. The average Bonchev–Trinajstić information content (AvgIpc) is 2.53. The van der Waals surface area contributed by atoms with E-state index in [2.05, 4.69) is 5.32 Å². The predicted octanol–water partition coefficient (Wildman–Crippen LogP) is 1.54. The Bertz CT molecular complexity index is 343. The second-order valence-corrected chi connectivity index (χ2v) is 2.75. The van der Waals surface area contributed by atoms with Crippen LogP contribution in [0.15, 0.2) is 42.3 Å². The summed E-state index contributed by atoms with van der Waals surface area (Å²) in [7, 11) is 0. The Morgan fingerprint density at radius 3 is 2.62 bits per heavy atom. The van der Waals surface area contributed by atoms with Gasteiger partial charge in [-0.3, -0.25) is 4.79 Å². The summed E-state index contributed by atoms with van der Waals surface area (Å²) in [5.74, 6) is 0.523. The maximum absolute atomic E-state index is 10.8. The number of ketones is 1. The molecule has 0 bridgehead atoms. The van der Waals surface area contributed by atoms with Crippen LogP contribution >= 0.6 is 0 Å². The molecule has 0 aromatic heterocycles. The van der Waals surface area contributed by atoms with Gasteiger partial charge in [-0.2, -0.15) is 0 Å². The van der Waals surface area contributed by atoms with Crippen LogP contribution in [0.25, 0.3) is 0 Å². The molecule has 0 fully saturated rings. The quantitative estimate of drug-likeness (QED) is 0.740. The minimum Gasteiger partial charge on any atom is -0.470 e. The van der Waals surface area contributed by atoms with E-state index in [1.54, 1.807) is 0 Å². The van der Waals surface area contributed by atoms with Crippen molar-refractivity contribution in [3.8, 4) is 0 Å². The van der Waals surface area contributed by atoms with E-state index < -0.39 is 0 Å². The first kappa shape index (κ1) is 7.86. The molecule has 3 heteroatoms. The highest BCUT2D eigenvalue weighted by Gasteiger charge is 2.12. The van der Waals surface area contributed by atoms with Gasteiger partial charge in [0.05, 0.1) is 0 Å². The minimum atomic E-state index is -0.00145. The van der Waals surface area contributed by atoms with Crippen molar-refractivity contribution in [3.63, 3.8) is 0 Å². The van der Waals surface area contributed by atoms with Crippen LogP contribution in [0.5, 0.6) is 0 Å². The molecule has 1 heterocycles. The van der Waals surface area contributed by atoms with Crippen LogP contribution in [-0.2, 0) is 9.53 Å². The van der Waals surface area contributed by atoms with Crippen molar-refractivity contribution in [2.24, 2.45) is 0 Å². The number of benzene rings is 1. The van der Waals surface area contributed by atoms with Crippen molar-refractivity contribution in [1.29, 1.82) is 0 Å². The van der Waals surface area contributed by atoms with Crippen LogP contribution in [0, 0.1) is 0 Å². The van der Waals surface area contributed by atoms with Gasteiger partial charge in [0.2, 0.25) is 0 Å². The second-order valence-electron chi connectivity index (χ2n) is 2.75. The monoisotopic (exact) mass is 175 g/mol. The molecule has 1 aromatic rings. The highest BCUT2D eigenvalue weighted by atomic mass is 16.5. The van der Waals surface area contributed by atoms with E-state index in [4.69, 9.17) is 4.74 Å². The third kappa shape index (κ3) is 1.87. The molecule has 0 aliphatic carbocycles. The Labute approximate surface area is 76.0 Å². The van der Waals surface area contributed by atoms with E-state index >= 15 is 0 Å². The van der Waals surface area contributed by atoms with Crippen LogP contribution in [0.3, 0.4) is 0 Å². The van der Waals surface area contributed by atoms with Crippen LogP contribution in [-0.4, -0.2) is 12.4 Å². The van der Waals surface area contributed by atoms with E-state index in [-0.39, 0.29) is 12.4 Å². The minimum absolute atomic E-state index is 0.00145. The van der Waals surface area contributed by atoms with Gasteiger partial charge in [-0.05, 0) is 12.1 Å². The number of para-hydroxylation sites is 1. The van der Waals surface area contributed by atoms with Gasteiger partial charge in [0.1, 0.15) is 0 Å². The zero-order valence-electron chi connectivity index (χ0n) is 6.99. The molecule has 1 aromatic carbocycles. The fourth-order valence-corrected chi connectivity index (χ4v) is 1.11. The lowest BCUT2D eigenvalue weighted by atomic mass is 10.3. The molecule has 1 N–H and O–H groups in total. The summed E-state index contributed by atoms with van der Waals surface area (Å²) in [5, 5.41) is 2.99. The van der Waals surface area contributed by atoms with E-state index in [1.807, 2.05) is 30.3 Å². The molecule has 0 saturated carbocycles. The van der Waals surface area contributed by atoms with Gasteiger partial charge >= 0.3 is 0 Å². The largest absolute Gasteiger partial charge is 0.470 e. The molecular weight excluding hydrogens is 166 g/mol. The highest BCUT2D eigenvalue weighted by molar-refractivity contribution is 5.93. The Morgan fingerprint density at radius 1 is 1.23 bits per heavy atom. The number of carbonyl (C=O) groups excluding carboxylic acids is 1. The maximum Gasteiger partial charge on any atom is 0.198 e. The molecular formula is C10H9NO2. The third-order valence-corrected chi connectivity index (χ3v) is 1.70. The molecule has 0 atom stereocenters. The molecule has 3 nitrogen and oxygen atoms in total. The van der Waals surface area contributed by atoms with Gasteiger partial charge in [0, 0.05) is 11.8 Å². The van der Waals surface area contributed by atoms with Gasteiger partial charge in [-0.1, -0.05) is 18.2 Å². The van der Waals surface area contributed by atoms with Crippen molar-refractivity contribution in [2.75, 3.05) is 11.9 Å². The van der Waals surface area contributed by atoms with Crippen LogP contribution in [0.2, 0.25) is 0 Å². The fourth-order valence-electron chi connectivity index (χ4n) is 1.11. The number of hydrogen-bond acceptors (Lipinski definition) is 3. The van der Waals surface area contributed by atoms with Gasteiger partial charge in [0.15, 0.2) is 18.3 Å². The molecule has 0 unspecified atom stereocenters. The smallest absolute Gasteiger partial charge is 0.198 e. The summed E-state index contributed by atoms with van der Waals surface area (Å²) in [5.41, 5.74) is 0.920. The molecule has 0 spiro atoms. The Kier molecular flexibility index (Phi) is 2.00. The first-order valence-electron chi connectivity index (χ1n) is 4.04. The van der Waals surface area contributed by atoms with E-state index in [1.165, 1.54) is 6.08 Å². The standard InChI is InChI=1S/C10H9NO2/c12-9-6-10(13-7-9)11-8-4-2-1-3-5-8/h1-6,11H,7H2. The molecule has 0 amide bonds. The number of ether oxygens (including phenoxy) is 1. The molecule has 0 radical (unpaired) electrons. The Hall–Kier alpha value is -1.77. The van der Waals surface area contributed by atoms with Crippen molar-refractivity contribution in [1.82, 2.24) is 0 Å². The number of carbonyl (C=O) groups is 1. The number of anilines is 1. The van der Waals surface area contributed by atoms with Crippen molar-refractivity contribution in [2.45, 2.75) is 0 Å². The molecule has 1 aliphatic rings. The van der Waals surface area contributed by atoms with Gasteiger partial charge < -0.3 is 10.1 Å². The van der Waals surface area contributed by atoms with Gasteiger partial charge in [-0.15, -0.1) is 0 Å². The molecule has 66 valence electrons. The van der Waals surface area contributed by atoms with Crippen molar-refractivity contribution in [3.05, 3.63) is 42.3 Å². The summed E-state index contributed by atoms with van der Waals surface area (Å²) in [6.07, 6.45) is 1.47. The first-order valence-corrected chi connectivity index (χ1v) is 4.04. The van der Waals surface area contributed by atoms with E-state index in [0.717, 1.165) is 5.69 Å². The summed E-state index contributed by atoms with van der Waals surface area (Å²) in [4.78, 5) is 10.8. The van der Waals surface area contributed by atoms with Crippen LogP contribution in [0.1, 0.15) is 0 Å². The fraction of sp³-hybridized carbons (Fsp3) is 0.100. The van der Waals surface area contributed by atoms with Gasteiger partial charge in [0.25, 0.3) is 0 Å². The molecule has 0 saturated heterocycles. The van der Waals surface area contributed by atoms with E-state index in [0.29, 0.717) is 5.88 Å². The predicted molar refractivity (Wildman–Crippen MR) is 49.1 cm³/mol. The lowest BCUT2D eigenvalue weighted by Gasteiger charge is -2.05. The second kappa shape index (κ2) is 3.31. The first-order chi connectivity index (χ1) is 6.34. The highest BCUT2D eigenvalue weighted by Crippen LogP contribution is 2.12. The zero-order valence-corrected chi connectivity index (χ0v) is 6.99. The molecule has 2 rings (SSSR count). The normalized spacial score (nSPS) is 15.1. The topological polar surface area (TPSA) is 38.3 Å². The number of rotatable bonds is 2. The van der Waals surface area contributed by atoms with Gasteiger partial charge in [-0.25, -0.2) is 0 Å². The summed E-state index contributed by atoms with van der Waals surface area (Å²) in [6, 6.07) is 9.58. The number of nitrogens with one attached hydrogen (secondary N) is 1. The lowest BCUT2D eigenvalue weighted by molar-refractivity contribution is -0.115. The SMILES string of the molecule is O=C1C=C(Nc2ccccc2)OC1. The maximum atomic E-state index is 10.8. The van der Waals surface area contributed by atoms with Crippen molar-refractivity contribution < 1.29 is 9.53 Å². The third-order valence-electron chi connectivity index (χ3n) is 1.70. The Morgan fingerprint density at radius 2 is 2.00 bits per heavy atom. The van der Waals surface area contributed by atoms with Crippen LogP contribution in [0.4, 0.5) is 5.69 Å². The van der Waals surface area contributed by atoms with Crippen molar-refractivity contribution >= 4 is 11.5 Å². The summed E-state index contributed by atoms with van der Waals surface area (Å²) >= 11 is 0. The lowest BCUT2D eigenvalue weighted by Crippen LogP contribution is -1.99. The number of hydrogen-bond donors (Lipinski definition) is 1. The summed E-state index contributed by atoms with van der Waals surface area (Å²) < 4.78 is 5.07. The Balaban J connectivity index is 2.07. The summed E-state index contributed by atoms with van der Waals surface area (Å²) in [6.45, 7) is 0.148. The molecule has 1 aliphatic heterocycles. The van der Waals surface area contributed by atoms with E-state index in [9.17, 15) is 4.79 Å². The average molecular weight is 175 g/mol. The zero-order chi connectivity index (χ0) is 9.10.